The molecule has 2 N–H and O–H groups in total. The highest BCUT2D eigenvalue weighted by atomic mass is 16.5. The Morgan fingerprint density at radius 3 is 1.90 bits per heavy atom. The Morgan fingerprint density at radius 1 is 0.867 bits per heavy atom. The van der Waals surface area contributed by atoms with E-state index in [1.165, 1.54) is 70.6 Å². The van der Waals surface area contributed by atoms with Gasteiger partial charge in [0.2, 0.25) is 0 Å². The van der Waals surface area contributed by atoms with Crippen molar-refractivity contribution in [1.29, 1.82) is 0 Å². The average Bonchev–Trinajstić information content (AvgIpc) is 2.76. The minimum absolute atomic E-state index is 0.244. The molecule has 1 amide bonds. The van der Waals surface area contributed by atoms with Crippen LogP contribution in [0.3, 0.4) is 0 Å². The maximum atomic E-state index is 11.9. The maximum absolute atomic E-state index is 11.9. The van der Waals surface area contributed by atoms with E-state index in [4.69, 9.17) is 4.74 Å². The summed E-state index contributed by atoms with van der Waals surface area (Å²) >= 11 is 0. The van der Waals surface area contributed by atoms with Gasteiger partial charge in [-0.15, -0.1) is 0 Å². The summed E-state index contributed by atoms with van der Waals surface area (Å²) in [7, 11) is 0. The Morgan fingerprint density at radius 2 is 1.37 bits per heavy atom. The minimum atomic E-state index is -0.526. The first-order valence-electron chi connectivity index (χ1n) is 12.3. The fourth-order valence-corrected chi connectivity index (χ4v) is 3.67. The number of hydrogen-bond acceptors (Lipinski definition) is 3. The molecular formula is C26H45NO3. The Kier molecular flexibility index (Phi) is 16.1. The zero-order valence-electron chi connectivity index (χ0n) is 19.4. The molecular weight excluding hydrogens is 374 g/mol. The quantitative estimate of drug-likeness (QED) is 0.248. The van der Waals surface area contributed by atoms with Crippen LogP contribution in [0.4, 0.5) is 4.79 Å². The highest BCUT2D eigenvalue weighted by Crippen LogP contribution is 2.14. The van der Waals surface area contributed by atoms with Gasteiger partial charge in [0, 0.05) is 0 Å². The lowest BCUT2D eigenvalue weighted by atomic mass is 10.0. The second kappa shape index (κ2) is 18.2. The Labute approximate surface area is 184 Å². The number of carbonyl (C=O) groups excluding carboxylic acids is 1. The summed E-state index contributed by atoms with van der Waals surface area (Å²) in [5.41, 5.74) is 0.952. The van der Waals surface area contributed by atoms with Crippen molar-refractivity contribution in [2.75, 3.05) is 0 Å². The van der Waals surface area contributed by atoms with E-state index in [0.29, 0.717) is 0 Å². The molecule has 0 heterocycles. The largest absolute Gasteiger partial charge is 0.445 e. The van der Waals surface area contributed by atoms with Crippen LogP contribution in [-0.2, 0) is 11.3 Å². The van der Waals surface area contributed by atoms with Gasteiger partial charge in [0.15, 0.2) is 0 Å². The Bertz CT molecular complexity index is 520. The van der Waals surface area contributed by atoms with Gasteiger partial charge in [-0.1, -0.05) is 121 Å². The number of nitrogens with one attached hydrogen (secondary N) is 1. The highest BCUT2D eigenvalue weighted by molar-refractivity contribution is 5.67. The number of rotatable bonds is 18. The maximum Gasteiger partial charge on any atom is 0.407 e. The molecule has 172 valence electrons. The monoisotopic (exact) mass is 419 g/mol. The minimum Gasteiger partial charge on any atom is -0.445 e. The van der Waals surface area contributed by atoms with E-state index >= 15 is 0 Å². The summed E-state index contributed by atoms with van der Waals surface area (Å²) in [6.45, 7) is 4.34. The standard InChI is InChI=1S/C26H45NO3/c1-3-4-5-6-7-8-9-10-11-12-13-14-18-21-25(28)23(2)27-26(29)30-22-24-19-16-15-17-20-24/h15-17,19-20,23,25,28H,3-14,18,21-22H2,1-2H3,(H,27,29)/t23-,25-/m0/s1. The second-order valence-electron chi connectivity index (χ2n) is 8.59. The first-order valence-corrected chi connectivity index (χ1v) is 12.3. The first kappa shape index (κ1) is 26.5. The Balaban J connectivity index is 1.93. The van der Waals surface area contributed by atoms with E-state index < -0.39 is 12.2 Å². The number of hydrogen-bond donors (Lipinski definition) is 2. The zero-order chi connectivity index (χ0) is 21.9. The third-order valence-corrected chi connectivity index (χ3v) is 5.74. The molecule has 0 fully saturated rings. The normalized spacial score (nSPS) is 13.0. The lowest BCUT2D eigenvalue weighted by Crippen LogP contribution is -2.41. The van der Waals surface area contributed by atoms with Gasteiger partial charge in [-0.25, -0.2) is 4.79 Å². The van der Waals surface area contributed by atoms with Crippen LogP contribution < -0.4 is 5.32 Å². The molecule has 0 saturated carbocycles. The molecule has 4 heteroatoms. The molecule has 4 nitrogen and oxygen atoms in total. The van der Waals surface area contributed by atoms with Crippen molar-refractivity contribution in [3.63, 3.8) is 0 Å². The summed E-state index contributed by atoms with van der Waals surface area (Å²) in [6, 6.07) is 9.29. The van der Waals surface area contributed by atoms with Crippen LogP contribution in [0.2, 0.25) is 0 Å². The van der Waals surface area contributed by atoms with Crippen molar-refractivity contribution in [2.45, 2.75) is 122 Å². The van der Waals surface area contributed by atoms with Gasteiger partial charge < -0.3 is 15.2 Å². The number of amides is 1. The smallest absolute Gasteiger partial charge is 0.407 e. The van der Waals surface area contributed by atoms with Gasteiger partial charge >= 0.3 is 6.09 Å². The molecule has 0 aliphatic carbocycles. The molecule has 0 bridgehead atoms. The van der Waals surface area contributed by atoms with Gasteiger partial charge in [-0.3, -0.25) is 0 Å². The molecule has 0 unspecified atom stereocenters. The molecule has 2 atom stereocenters. The molecule has 0 spiro atoms. The van der Waals surface area contributed by atoms with E-state index in [1.807, 2.05) is 37.3 Å². The van der Waals surface area contributed by atoms with Crippen LogP contribution >= 0.6 is 0 Å². The van der Waals surface area contributed by atoms with Crippen LogP contribution in [0.5, 0.6) is 0 Å². The predicted molar refractivity (Wildman–Crippen MR) is 126 cm³/mol. The molecule has 1 aromatic carbocycles. The van der Waals surface area contributed by atoms with E-state index in [0.717, 1.165) is 24.8 Å². The molecule has 1 rings (SSSR count). The number of aliphatic hydroxyl groups is 1. The third-order valence-electron chi connectivity index (χ3n) is 5.74. The van der Waals surface area contributed by atoms with Crippen molar-refractivity contribution in [3.8, 4) is 0 Å². The summed E-state index contributed by atoms with van der Waals surface area (Å²) in [5, 5.41) is 13.0. The van der Waals surface area contributed by atoms with Crippen LogP contribution in [0.1, 0.15) is 109 Å². The van der Waals surface area contributed by atoms with Gasteiger partial charge in [0.25, 0.3) is 0 Å². The molecule has 0 aromatic heterocycles. The van der Waals surface area contributed by atoms with E-state index in [1.54, 1.807) is 0 Å². The number of ether oxygens (including phenoxy) is 1. The van der Waals surface area contributed by atoms with Crippen molar-refractivity contribution in [3.05, 3.63) is 35.9 Å². The van der Waals surface area contributed by atoms with Gasteiger partial charge in [-0.05, 0) is 18.9 Å². The summed E-state index contributed by atoms with van der Waals surface area (Å²) < 4.78 is 5.21. The summed E-state index contributed by atoms with van der Waals surface area (Å²) in [4.78, 5) is 11.9. The fraction of sp³-hybridized carbons (Fsp3) is 0.731. The number of aliphatic hydroxyl groups excluding tert-OH is 1. The van der Waals surface area contributed by atoms with Crippen LogP contribution in [-0.4, -0.2) is 23.3 Å². The van der Waals surface area contributed by atoms with E-state index in [2.05, 4.69) is 12.2 Å². The number of alkyl carbamates (subject to hydrolysis) is 1. The van der Waals surface area contributed by atoms with Crippen LogP contribution in [0.15, 0.2) is 30.3 Å². The van der Waals surface area contributed by atoms with Gasteiger partial charge in [0.1, 0.15) is 6.61 Å². The SMILES string of the molecule is CCCCCCCCCCCCCCC[C@H](O)[C@H](C)NC(=O)OCc1ccccc1. The second-order valence-corrected chi connectivity index (χ2v) is 8.59. The molecule has 0 radical (unpaired) electrons. The number of carbonyl (C=O) groups is 1. The predicted octanol–water partition coefficient (Wildman–Crippen LogP) is 7.14. The topological polar surface area (TPSA) is 58.6 Å². The number of unbranched alkanes of at least 4 members (excludes halogenated alkanes) is 12. The van der Waals surface area contributed by atoms with Gasteiger partial charge in [0.05, 0.1) is 12.1 Å². The lowest BCUT2D eigenvalue weighted by Gasteiger charge is -2.20. The molecule has 0 aliphatic heterocycles. The molecule has 1 aromatic rings. The summed E-state index contributed by atoms with van der Waals surface area (Å²) in [6.07, 6.45) is 16.8. The first-order chi connectivity index (χ1) is 14.6. The zero-order valence-corrected chi connectivity index (χ0v) is 19.4. The van der Waals surface area contributed by atoms with Gasteiger partial charge in [-0.2, -0.15) is 0 Å². The Hall–Kier alpha value is -1.55. The van der Waals surface area contributed by atoms with Crippen molar-refractivity contribution >= 4 is 6.09 Å². The third kappa shape index (κ3) is 14.4. The summed E-state index contributed by atoms with van der Waals surface area (Å²) in [5.74, 6) is 0. The molecule has 0 saturated heterocycles. The number of benzene rings is 1. The van der Waals surface area contributed by atoms with Crippen molar-refractivity contribution in [2.24, 2.45) is 0 Å². The van der Waals surface area contributed by atoms with E-state index in [9.17, 15) is 9.90 Å². The average molecular weight is 420 g/mol. The fourth-order valence-electron chi connectivity index (χ4n) is 3.67. The molecule has 30 heavy (non-hydrogen) atoms. The van der Waals surface area contributed by atoms with Crippen LogP contribution in [0.25, 0.3) is 0 Å². The van der Waals surface area contributed by atoms with Crippen molar-refractivity contribution < 1.29 is 14.6 Å². The van der Waals surface area contributed by atoms with Crippen molar-refractivity contribution in [1.82, 2.24) is 5.32 Å². The molecule has 0 aliphatic rings. The lowest BCUT2D eigenvalue weighted by molar-refractivity contribution is 0.1000. The highest BCUT2D eigenvalue weighted by Gasteiger charge is 2.16. The van der Waals surface area contributed by atoms with E-state index in [-0.39, 0.29) is 12.6 Å². The van der Waals surface area contributed by atoms with Crippen LogP contribution in [0, 0.1) is 0 Å².